The molecule has 0 aliphatic carbocycles. The Morgan fingerprint density at radius 3 is 2.13 bits per heavy atom. The Balaban J connectivity index is 3.84. The van der Waals surface area contributed by atoms with E-state index < -0.39 is 0 Å². The fourth-order valence-electron chi connectivity index (χ4n) is 1.57. The Kier molecular flexibility index (Phi) is 9.55. The largest absolute Gasteiger partial charge is 0.381 e. The molecule has 3 heteroatoms. The quantitative estimate of drug-likeness (QED) is 0.438. The predicted molar refractivity (Wildman–Crippen MR) is 75.2 cm³/mol. The lowest BCUT2D eigenvalue weighted by Crippen LogP contribution is -2.26. The first-order valence-corrected chi connectivity index (χ1v) is 8.04. The molecule has 0 rings (SSSR count). The highest BCUT2D eigenvalue weighted by molar-refractivity contribution is 9.09. The molecule has 0 atom stereocenters. The maximum Gasteiger partial charge on any atom is 0.0488 e. The summed E-state index contributed by atoms with van der Waals surface area (Å²) < 4.78 is 5.66. The summed E-state index contributed by atoms with van der Waals surface area (Å²) in [6, 6.07) is 0. The number of rotatable bonds is 9. The molecule has 0 fully saturated rings. The zero-order valence-electron chi connectivity index (χ0n) is 10.2. The number of alkyl halides is 2. The summed E-state index contributed by atoms with van der Waals surface area (Å²) in [4.78, 5) is 0. The van der Waals surface area contributed by atoms with E-state index >= 15 is 0 Å². The van der Waals surface area contributed by atoms with Crippen LogP contribution in [0.2, 0.25) is 0 Å². The highest BCUT2D eigenvalue weighted by Crippen LogP contribution is 2.32. The summed E-state index contributed by atoms with van der Waals surface area (Å²) in [6.45, 7) is 8.39. The van der Waals surface area contributed by atoms with Gasteiger partial charge in [0.2, 0.25) is 0 Å². The van der Waals surface area contributed by atoms with Crippen molar-refractivity contribution in [3.8, 4) is 0 Å². The molecule has 0 unspecified atom stereocenters. The average Bonchev–Trinajstić information content (AvgIpc) is 2.22. The van der Waals surface area contributed by atoms with Gasteiger partial charge in [0.05, 0.1) is 0 Å². The van der Waals surface area contributed by atoms with Gasteiger partial charge in [-0.1, -0.05) is 59.1 Å². The Morgan fingerprint density at radius 2 is 1.73 bits per heavy atom. The van der Waals surface area contributed by atoms with Crippen LogP contribution in [0.25, 0.3) is 0 Å². The van der Waals surface area contributed by atoms with Gasteiger partial charge in [0.25, 0.3) is 0 Å². The summed E-state index contributed by atoms with van der Waals surface area (Å²) in [7, 11) is 0. The molecule has 0 aromatic rings. The smallest absolute Gasteiger partial charge is 0.0488 e. The molecule has 0 saturated heterocycles. The number of halogens is 2. The average molecular weight is 344 g/mol. The van der Waals surface area contributed by atoms with Crippen molar-refractivity contribution in [2.75, 3.05) is 23.9 Å². The van der Waals surface area contributed by atoms with Crippen LogP contribution in [0.3, 0.4) is 0 Å². The fourth-order valence-corrected chi connectivity index (χ4v) is 3.62. The number of hydrogen-bond acceptors (Lipinski definition) is 1. The van der Waals surface area contributed by atoms with E-state index in [4.69, 9.17) is 4.74 Å². The lowest BCUT2D eigenvalue weighted by molar-refractivity contribution is 0.0850. The second kappa shape index (κ2) is 9.00. The van der Waals surface area contributed by atoms with E-state index in [2.05, 4.69) is 52.6 Å². The summed E-state index contributed by atoms with van der Waals surface area (Å²) in [6.07, 6.45) is 3.64. The monoisotopic (exact) mass is 342 g/mol. The molecular formula is C12H24Br2O. The predicted octanol–water partition coefficient (Wildman–Crippen LogP) is 4.63. The lowest BCUT2D eigenvalue weighted by Gasteiger charge is -2.29. The molecule has 0 spiro atoms. The Bertz CT molecular complexity index is 145. The zero-order chi connectivity index (χ0) is 11.7. The van der Waals surface area contributed by atoms with E-state index in [0.29, 0.717) is 11.3 Å². The van der Waals surface area contributed by atoms with Gasteiger partial charge in [0.1, 0.15) is 0 Å². The standard InChI is InChI=1S/C12H24Br2O/c1-4-5-12(9-13,10-14)6-7-15-8-11(2)3/h11H,4-10H2,1-3H3. The van der Waals surface area contributed by atoms with Crippen LogP contribution in [-0.4, -0.2) is 23.9 Å². The Hall–Kier alpha value is 0.920. The topological polar surface area (TPSA) is 9.23 Å². The Morgan fingerprint density at radius 1 is 1.13 bits per heavy atom. The van der Waals surface area contributed by atoms with Gasteiger partial charge in [-0.05, 0) is 24.2 Å². The number of ether oxygens (including phenoxy) is 1. The first-order valence-electron chi connectivity index (χ1n) is 5.80. The normalized spacial score (nSPS) is 12.4. The van der Waals surface area contributed by atoms with Crippen molar-refractivity contribution in [2.24, 2.45) is 11.3 Å². The Labute approximate surface area is 112 Å². The third-order valence-electron chi connectivity index (χ3n) is 2.58. The second-order valence-corrected chi connectivity index (χ2v) is 5.86. The van der Waals surface area contributed by atoms with Crippen LogP contribution in [0.1, 0.15) is 40.0 Å². The van der Waals surface area contributed by atoms with Crippen LogP contribution in [0.4, 0.5) is 0 Å². The third kappa shape index (κ3) is 6.96. The highest BCUT2D eigenvalue weighted by Gasteiger charge is 2.26. The molecule has 0 heterocycles. The minimum absolute atomic E-state index is 0.381. The SMILES string of the molecule is CCCC(CBr)(CBr)CCOCC(C)C. The fraction of sp³-hybridized carbons (Fsp3) is 1.00. The molecule has 15 heavy (non-hydrogen) atoms. The molecule has 0 N–H and O–H groups in total. The van der Waals surface area contributed by atoms with E-state index in [1.807, 2.05) is 0 Å². The highest BCUT2D eigenvalue weighted by atomic mass is 79.9. The van der Waals surface area contributed by atoms with E-state index in [-0.39, 0.29) is 0 Å². The molecule has 1 nitrogen and oxygen atoms in total. The first-order chi connectivity index (χ1) is 7.10. The molecule has 0 aliphatic rings. The maximum absolute atomic E-state index is 5.66. The van der Waals surface area contributed by atoms with Crippen molar-refractivity contribution in [3.05, 3.63) is 0 Å². The van der Waals surface area contributed by atoms with Gasteiger partial charge in [-0.3, -0.25) is 0 Å². The van der Waals surface area contributed by atoms with Gasteiger partial charge in [-0.2, -0.15) is 0 Å². The molecule has 0 amide bonds. The van der Waals surface area contributed by atoms with Gasteiger partial charge in [-0.15, -0.1) is 0 Å². The van der Waals surface area contributed by atoms with E-state index in [0.717, 1.165) is 30.3 Å². The lowest BCUT2D eigenvalue weighted by atomic mass is 9.85. The van der Waals surface area contributed by atoms with Crippen LogP contribution in [0.15, 0.2) is 0 Å². The van der Waals surface area contributed by atoms with Crippen LogP contribution < -0.4 is 0 Å². The molecule has 0 aromatic heterocycles. The van der Waals surface area contributed by atoms with Crippen molar-refractivity contribution >= 4 is 31.9 Å². The van der Waals surface area contributed by atoms with Crippen LogP contribution in [0, 0.1) is 11.3 Å². The minimum Gasteiger partial charge on any atom is -0.381 e. The van der Waals surface area contributed by atoms with Crippen LogP contribution in [-0.2, 0) is 4.74 Å². The van der Waals surface area contributed by atoms with E-state index in [9.17, 15) is 0 Å². The van der Waals surface area contributed by atoms with Crippen molar-refractivity contribution in [2.45, 2.75) is 40.0 Å². The molecule has 92 valence electrons. The molecule has 0 aliphatic heterocycles. The summed E-state index contributed by atoms with van der Waals surface area (Å²) in [5.41, 5.74) is 0.381. The van der Waals surface area contributed by atoms with Gasteiger partial charge >= 0.3 is 0 Å². The molecule has 0 radical (unpaired) electrons. The van der Waals surface area contributed by atoms with Crippen molar-refractivity contribution < 1.29 is 4.74 Å². The van der Waals surface area contributed by atoms with Gasteiger partial charge in [-0.25, -0.2) is 0 Å². The maximum atomic E-state index is 5.66. The van der Waals surface area contributed by atoms with Gasteiger partial charge < -0.3 is 4.74 Å². The third-order valence-corrected chi connectivity index (χ3v) is 4.95. The van der Waals surface area contributed by atoms with Crippen molar-refractivity contribution in [3.63, 3.8) is 0 Å². The first kappa shape index (κ1) is 15.9. The van der Waals surface area contributed by atoms with Crippen molar-refractivity contribution in [1.82, 2.24) is 0 Å². The van der Waals surface area contributed by atoms with Crippen LogP contribution in [0.5, 0.6) is 0 Å². The zero-order valence-corrected chi connectivity index (χ0v) is 13.4. The van der Waals surface area contributed by atoms with Gasteiger partial charge in [0, 0.05) is 23.9 Å². The summed E-state index contributed by atoms with van der Waals surface area (Å²) in [5.74, 6) is 0.638. The second-order valence-electron chi connectivity index (χ2n) is 4.74. The molecule has 0 saturated carbocycles. The van der Waals surface area contributed by atoms with E-state index in [1.54, 1.807) is 0 Å². The molecule has 0 bridgehead atoms. The van der Waals surface area contributed by atoms with Crippen molar-refractivity contribution in [1.29, 1.82) is 0 Å². The van der Waals surface area contributed by atoms with Gasteiger partial charge in [0.15, 0.2) is 0 Å². The van der Waals surface area contributed by atoms with E-state index in [1.165, 1.54) is 12.8 Å². The summed E-state index contributed by atoms with van der Waals surface area (Å²) >= 11 is 7.26. The minimum atomic E-state index is 0.381. The van der Waals surface area contributed by atoms with Crippen LogP contribution >= 0.6 is 31.9 Å². The number of hydrogen-bond donors (Lipinski definition) is 0. The molecular weight excluding hydrogens is 320 g/mol. The summed E-state index contributed by atoms with van der Waals surface area (Å²) in [5, 5.41) is 2.12. The molecule has 0 aromatic carbocycles.